The standard InChI is InChI=1S/C26H24N2O/c1-17-10-12-19(13-11-17)25-24-22(21-8-3-4-9-23(21)27-24)14-15-28(25)26(29)20-7-5-6-18(2)16-20/h3-13,16,25,27H,14-15H2,1-2H3/t25-/m0/s1. The number of hydrogen-bond donors (Lipinski definition) is 1. The molecule has 0 saturated carbocycles. The molecule has 0 unspecified atom stereocenters. The van der Waals surface area contributed by atoms with Crippen LogP contribution in [0.25, 0.3) is 10.9 Å². The Hall–Kier alpha value is -3.33. The van der Waals surface area contributed by atoms with Crippen LogP contribution in [0.4, 0.5) is 0 Å². The number of para-hydroxylation sites is 1. The van der Waals surface area contributed by atoms with Gasteiger partial charge in [-0.3, -0.25) is 4.79 Å². The SMILES string of the molecule is Cc1ccc([C@H]2c3[nH]c4ccccc4c3CCN2C(=O)c2cccc(C)c2)cc1. The van der Waals surface area contributed by atoms with Crippen molar-refractivity contribution < 1.29 is 4.79 Å². The summed E-state index contributed by atoms with van der Waals surface area (Å²) in [6.07, 6.45) is 0.860. The van der Waals surface area contributed by atoms with Crippen molar-refractivity contribution in [2.45, 2.75) is 26.3 Å². The lowest BCUT2D eigenvalue weighted by atomic mass is 9.91. The van der Waals surface area contributed by atoms with Gasteiger partial charge >= 0.3 is 0 Å². The molecule has 1 N–H and O–H groups in total. The lowest BCUT2D eigenvalue weighted by molar-refractivity contribution is 0.0692. The summed E-state index contributed by atoms with van der Waals surface area (Å²) >= 11 is 0. The Kier molecular flexibility index (Phi) is 4.24. The molecule has 0 aliphatic carbocycles. The van der Waals surface area contributed by atoms with Crippen LogP contribution in [-0.2, 0) is 6.42 Å². The van der Waals surface area contributed by atoms with Gasteiger partial charge in [-0.05, 0) is 49.6 Å². The molecule has 4 aromatic rings. The molecule has 0 radical (unpaired) electrons. The normalized spacial score (nSPS) is 16.1. The summed E-state index contributed by atoms with van der Waals surface area (Å²) in [6.45, 7) is 4.83. The van der Waals surface area contributed by atoms with Gasteiger partial charge in [0, 0.05) is 28.7 Å². The first kappa shape index (κ1) is 17.7. The van der Waals surface area contributed by atoms with Crippen LogP contribution in [0.15, 0.2) is 72.8 Å². The molecule has 1 aliphatic rings. The van der Waals surface area contributed by atoms with Crippen molar-refractivity contribution in [2.75, 3.05) is 6.54 Å². The number of amides is 1. The van der Waals surface area contributed by atoms with E-state index in [1.165, 1.54) is 16.5 Å². The maximum atomic E-state index is 13.5. The third-order valence-electron chi connectivity index (χ3n) is 5.95. The molecule has 1 atom stereocenters. The van der Waals surface area contributed by atoms with Crippen LogP contribution in [0.5, 0.6) is 0 Å². The summed E-state index contributed by atoms with van der Waals surface area (Å²) in [7, 11) is 0. The summed E-state index contributed by atoms with van der Waals surface area (Å²) in [6, 6.07) is 24.8. The average molecular weight is 380 g/mol. The van der Waals surface area contributed by atoms with Gasteiger partial charge in [-0.1, -0.05) is 65.7 Å². The lowest BCUT2D eigenvalue weighted by Gasteiger charge is -2.36. The van der Waals surface area contributed by atoms with E-state index < -0.39 is 0 Å². The zero-order chi connectivity index (χ0) is 20.0. The van der Waals surface area contributed by atoms with Crippen molar-refractivity contribution in [1.29, 1.82) is 0 Å². The number of hydrogen-bond acceptors (Lipinski definition) is 1. The minimum atomic E-state index is -0.111. The van der Waals surface area contributed by atoms with Crippen LogP contribution in [0.3, 0.4) is 0 Å². The molecule has 1 amide bonds. The van der Waals surface area contributed by atoms with Crippen molar-refractivity contribution in [3.8, 4) is 0 Å². The number of fused-ring (bicyclic) bond motifs is 3. The van der Waals surface area contributed by atoms with E-state index in [1.54, 1.807) is 0 Å². The second kappa shape index (κ2) is 6.93. The van der Waals surface area contributed by atoms with Crippen LogP contribution in [-0.4, -0.2) is 22.3 Å². The van der Waals surface area contributed by atoms with Gasteiger partial charge < -0.3 is 9.88 Å². The number of aromatic nitrogens is 1. The van der Waals surface area contributed by atoms with Gasteiger partial charge in [0.1, 0.15) is 0 Å². The number of benzene rings is 3. The molecule has 0 bridgehead atoms. The Balaban J connectivity index is 1.66. The molecule has 0 saturated heterocycles. The number of carbonyl (C=O) groups excluding carboxylic acids is 1. The molecule has 0 spiro atoms. The summed E-state index contributed by atoms with van der Waals surface area (Å²) in [5.74, 6) is 0.0866. The fourth-order valence-electron chi connectivity index (χ4n) is 4.50. The maximum Gasteiger partial charge on any atom is 0.254 e. The molecular formula is C26H24N2O. The van der Waals surface area contributed by atoms with Crippen molar-refractivity contribution in [1.82, 2.24) is 9.88 Å². The third-order valence-corrected chi connectivity index (χ3v) is 5.95. The quantitative estimate of drug-likeness (QED) is 0.485. The summed E-state index contributed by atoms with van der Waals surface area (Å²) in [5, 5.41) is 1.27. The minimum Gasteiger partial charge on any atom is -0.356 e. The monoisotopic (exact) mass is 380 g/mol. The summed E-state index contributed by atoms with van der Waals surface area (Å²) < 4.78 is 0. The number of aryl methyl sites for hydroxylation is 2. The first-order valence-corrected chi connectivity index (χ1v) is 10.2. The molecule has 144 valence electrons. The highest BCUT2D eigenvalue weighted by atomic mass is 16.2. The molecule has 3 aromatic carbocycles. The second-order valence-corrected chi connectivity index (χ2v) is 7.99. The van der Waals surface area contributed by atoms with Crippen molar-refractivity contribution in [3.63, 3.8) is 0 Å². The zero-order valence-electron chi connectivity index (χ0n) is 16.8. The number of nitrogens with one attached hydrogen (secondary N) is 1. The Morgan fingerprint density at radius 2 is 1.72 bits per heavy atom. The summed E-state index contributed by atoms with van der Waals surface area (Å²) in [5.41, 5.74) is 7.83. The number of nitrogens with zero attached hydrogens (tertiary/aromatic N) is 1. The minimum absolute atomic E-state index is 0.0866. The third kappa shape index (κ3) is 3.03. The molecule has 2 heterocycles. The number of H-pyrrole nitrogens is 1. The second-order valence-electron chi connectivity index (χ2n) is 7.99. The van der Waals surface area contributed by atoms with Gasteiger partial charge in [0.25, 0.3) is 5.91 Å². The highest BCUT2D eigenvalue weighted by molar-refractivity contribution is 5.95. The smallest absolute Gasteiger partial charge is 0.254 e. The molecule has 3 heteroatoms. The number of aromatic amines is 1. The highest BCUT2D eigenvalue weighted by Gasteiger charge is 2.34. The van der Waals surface area contributed by atoms with E-state index in [9.17, 15) is 4.79 Å². The molecule has 1 aromatic heterocycles. The number of carbonyl (C=O) groups is 1. The van der Waals surface area contributed by atoms with Crippen LogP contribution in [0.1, 0.15) is 44.3 Å². The van der Waals surface area contributed by atoms with Crippen LogP contribution >= 0.6 is 0 Å². The van der Waals surface area contributed by atoms with E-state index in [2.05, 4.69) is 60.4 Å². The molecule has 29 heavy (non-hydrogen) atoms. The van der Waals surface area contributed by atoms with Crippen molar-refractivity contribution in [2.24, 2.45) is 0 Å². The molecule has 0 fully saturated rings. The van der Waals surface area contributed by atoms with E-state index in [0.717, 1.165) is 34.3 Å². The Morgan fingerprint density at radius 3 is 2.52 bits per heavy atom. The molecule has 1 aliphatic heterocycles. The summed E-state index contributed by atoms with van der Waals surface area (Å²) in [4.78, 5) is 19.2. The van der Waals surface area contributed by atoms with E-state index in [1.807, 2.05) is 36.1 Å². The predicted octanol–water partition coefficient (Wildman–Crippen LogP) is 5.57. The largest absolute Gasteiger partial charge is 0.356 e. The molecule has 3 nitrogen and oxygen atoms in total. The lowest BCUT2D eigenvalue weighted by Crippen LogP contribution is -2.40. The van der Waals surface area contributed by atoms with Gasteiger partial charge in [-0.15, -0.1) is 0 Å². The Morgan fingerprint density at radius 1 is 0.931 bits per heavy atom. The van der Waals surface area contributed by atoms with Crippen LogP contribution in [0.2, 0.25) is 0 Å². The Labute approximate surface area is 171 Å². The van der Waals surface area contributed by atoms with Crippen molar-refractivity contribution >= 4 is 16.8 Å². The van der Waals surface area contributed by atoms with Crippen LogP contribution < -0.4 is 0 Å². The van der Waals surface area contributed by atoms with E-state index >= 15 is 0 Å². The van der Waals surface area contributed by atoms with E-state index in [4.69, 9.17) is 0 Å². The fraction of sp³-hybridized carbons (Fsp3) is 0.192. The van der Waals surface area contributed by atoms with Gasteiger partial charge in [0.15, 0.2) is 0 Å². The average Bonchev–Trinajstić information content (AvgIpc) is 3.12. The van der Waals surface area contributed by atoms with Gasteiger partial charge in [0.05, 0.1) is 6.04 Å². The predicted molar refractivity (Wildman–Crippen MR) is 117 cm³/mol. The van der Waals surface area contributed by atoms with Gasteiger partial charge in [-0.2, -0.15) is 0 Å². The Bertz CT molecular complexity index is 1200. The van der Waals surface area contributed by atoms with E-state index in [0.29, 0.717) is 6.54 Å². The maximum absolute atomic E-state index is 13.5. The van der Waals surface area contributed by atoms with Gasteiger partial charge in [0.2, 0.25) is 0 Å². The highest BCUT2D eigenvalue weighted by Crippen LogP contribution is 2.39. The first-order valence-electron chi connectivity index (χ1n) is 10.2. The fourth-order valence-corrected chi connectivity index (χ4v) is 4.50. The zero-order valence-corrected chi connectivity index (χ0v) is 16.8. The van der Waals surface area contributed by atoms with Crippen molar-refractivity contribution in [3.05, 3.63) is 106 Å². The van der Waals surface area contributed by atoms with Gasteiger partial charge in [-0.25, -0.2) is 0 Å². The molecule has 5 rings (SSSR count). The first-order chi connectivity index (χ1) is 14.1. The molecular weight excluding hydrogens is 356 g/mol. The topological polar surface area (TPSA) is 36.1 Å². The van der Waals surface area contributed by atoms with E-state index in [-0.39, 0.29) is 11.9 Å². The number of rotatable bonds is 2. The van der Waals surface area contributed by atoms with Crippen LogP contribution in [0, 0.1) is 13.8 Å².